The minimum absolute atomic E-state index is 0.0162. The fraction of sp³-hybridized carbons (Fsp3) is 0.882. The Hall–Kier alpha value is -1.02. The van der Waals surface area contributed by atoms with E-state index in [1.54, 1.807) is 14.0 Å². The van der Waals surface area contributed by atoms with Gasteiger partial charge in [0.1, 0.15) is 0 Å². The van der Waals surface area contributed by atoms with Gasteiger partial charge >= 0.3 is 0 Å². The molecule has 3 atom stereocenters. The molecule has 0 aromatic rings. The number of hydrogen-bond donors (Lipinski definition) is 5. The largest absolute Gasteiger partial charge is 0.392 e. The lowest BCUT2D eigenvalue weighted by Gasteiger charge is -2.21. The Kier molecular flexibility index (Phi) is 13.7. The molecule has 0 aromatic heterocycles. The van der Waals surface area contributed by atoms with Crippen molar-refractivity contribution < 1.29 is 14.7 Å². The molecule has 24 heavy (non-hydrogen) atoms. The molecule has 0 radical (unpaired) electrons. The maximum Gasteiger partial charge on any atom is 0.237 e. The van der Waals surface area contributed by atoms with Crippen molar-refractivity contribution >= 4 is 11.7 Å². The van der Waals surface area contributed by atoms with Crippen LogP contribution in [0.2, 0.25) is 0 Å². The van der Waals surface area contributed by atoms with Crippen LogP contribution in [0.4, 0.5) is 0 Å². The van der Waals surface area contributed by atoms with Gasteiger partial charge in [0.15, 0.2) is 5.78 Å². The van der Waals surface area contributed by atoms with E-state index in [1.165, 1.54) is 6.92 Å². The predicted molar refractivity (Wildman–Crippen MR) is 96.8 cm³/mol. The van der Waals surface area contributed by atoms with Crippen molar-refractivity contribution in [3.05, 3.63) is 0 Å². The van der Waals surface area contributed by atoms with Gasteiger partial charge in [-0.05, 0) is 66.1 Å². The first-order valence-corrected chi connectivity index (χ1v) is 8.99. The molecule has 7 nitrogen and oxygen atoms in total. The van der Waals surface area contributed by atoms with Crippen LogP contribution in [-0.2, 0) is 9.59 Å². The third-order valence-corrected chi connectivity index (χ3v) is 3.96. The van der Waals surface area contributed by atoms with E-state index in [-0.39, 0.29) is 23.8 Å². The van der Waals surface area contributed by atoms with E-state index in [0.717, 1.165) is 32.2 Å². The Labute approximate surface area is 146 Å². The number of rotatable bonds is 15. The number of amides is 1. The van der Waals surface area contributed by atoms with Gasteiger partial charge < -0.3 is 26.8 Å². The summed E-state index contributed by atoms with van der Waals surface area (Å²) >= 11 is 0. The van der Waals surface area contributed by atoms with E-state index in [4.69, 9.17) is 10.8 Å². The highest BCUT2D eigenvalue weighted by Crippen LogP contribution is 2.05. The number of aliphatic hydroxyl groups excluding tert-OH is 1. The highest BCUT2D eigenvalue weighted by molar-refractivity contribution is 5.89. The molecule has 0 aromatic carbocycles. The van der Waals surface area contributed by atoms with Crippen molar-refractivity contribution in [3.63, 3.8) is 0 Å². The second kappa shape index (κ2) is 14.3. The summed E-state index contributed by atoms with van der Waals surface area (Å²) in [4.78, 5) is 24.0. The van der Waals surface area contributed by atoms with Gasteiger partial charge in [-0.25, -0.2) is 0 Å². The van der Waals surface area contributed by atoms with E-state index < -0.39 is 6.04 Å². The molecule has 1 amide bonds. The van der Waals surface area contributed by atoms with Gasteiger partial charge in [-0.3, -0.25) is 9.59 Å². The first-order chi connectivity index (χ1) is 11.4. The monoisotopic (exact) mass is 344 g/mol. The van der Waals surface area contributed by atoms with Crippen molar-refractivity contribution in [2.24, 2.45) is 5.73 Å². The molecule has 0 rings (SSSR count). The number of carbonyl (C=O) groups excluding carboxylic acids is 2. The number of hydrogen-bond acceptors (Lipinski definition) is 6. The summed E-state index contributed by atoms with van der Waals surface area (Å²) in [5.41, 5.74) is 5.47. The van der Waals surface area contributed by atoms with E-state index in [0.29, 0.717) is 25.9 Å². The van der Waals surface area contributed by atoms with Gasteiger partial charge in [0.25, 0.3) is 0 Å². The predicted octanol–water partition coefficient (Wildman–Crippen LogP) is -0.0821. The van der Waals surface area contributed by atoms with Crippen molar-refractivity contribution in [2.45, 2.75) is 70.6 Å². The summed E-state index contributed by atoms with van der Waals surface area (Å²) in [7, 11) is 1.76. The first-order valence-electron chi connectivity index (χ1n) is 8.99. The average molecular weight is 345 g/mol. The van der Waals surface area contributed by atoms with Crippen LogP contribution >= 0.6 is 0 Å². The van der Waals surface area contributed by atoms with Crippen LogP contribution in [0.1, 0.15) is 52.4 Å². The fourth-order valence-corrected chi connectivity index (χ4v) is 2.46. The molecular weight excluding hydrogens is 308 g/mol. The SMILES string of the molecule is CNC(CCCCNCC(C)O)C(=O)NC(CCCCN)C(C)=O. The minimum atomic E-state index is -0.424. The maximum atomic E-state index is 12.3. The lowest BCUT2D eigenvalue weighted by molar-refractivity contribution is -0.128. The molecule has 142 valence electrons. The standard InChI is InChI=1S/C17H36N4O3/c1-13(22)12-20-11-7-5-9-16(19-3)17(24)21-15(14(2)23)8-4-6-10-18/h13,15-16,19-20,22H,4-12,18H2,1-3H3,(H,21,24). The summed E-state index contributed by atoms with van der Waals surface area (Å²) in [5, 5.41) is 18.2. The van der Waals surface area contributed by atoms with Crippen LogP contribution in [0.5, 0.6) is 0 Å². The molecule has 3 unspecified atom stereocenters. The smallest absolute Gasteiger partial charge is 0.237 e. The van der Waals surface area contributed by atoms with Gasteiger partial charge in [0, 0.05) is 6.54 Å². The molecule has 0 aliphatic rings. The first kappa shape index (κ1) is 23.0. The lowest BCUT2D eigenvalue weighted by Crippen LogP contribution is -2.49. The Bertz CT molecular complexity index is 351. The fourth-order valence-electron chi connectivity index (χ4n) is 2.46. The van der Waals surface area contributed by atoms with Crippen LogP contribution in [0, 0.1) is 0 Å². The zero-order valence-electron chi connectivity index (χ0n) is 15.4. The number of nitrogens with two attached hydrogens (primary N) is 1. The number of unbranched alkanes of at least 4 members (excludes halogenated alkanes) is 2. The molecule has 6 N–H and O–H groups in total. The molecule has 0 heterocycles. The van der Waals surface area contributed by atoms with Gasteiger partial charge in [0.05, 0.1) is 18.2 Å². The Morgan fingerprint density at radius 1 is 1.08 bits per heavy atom. The molecule has 0 fully saturated rings. The number of nitrogens with one attached hydrogen (secondary N) is 3. The highest BCUT2D eigenvalue weighted by Gasteiger charge is 2.21. The van der Waals surface area contributed by atoms with Gasteiger partial charge in [-0.2, -0.15) is 0 Å². The number of carbonyl (C=O) groups is 2. The molecule has 7 heteroatoms. The zero-order chi connectivity index (χ0) is 18.4. The van der Waals surface area contributed by atoms with Gasteiger partial charge in [0.2, 0.25) is 5.91 Å². The van der Waals surface area contributed by atoms with E-state index >= 15 is 0 Å². The molecule has 0 saturated heterocycles. The van der Waals surface area contributed by atoms with Gasteiger partial charge in [-0.15, -0.1) is 0 Å². The van der Waals surface area contributed by atoms with Crippen LogP contribution in [-0.4, -0.2) is 61.7 Å². The summed E-state index contributed by atoms with van der Waals surface area (Å²) in [6, 6.07) is -0.717. The van der Waals surface area contributed by atoms with Gasteiger partial charge in [-0.1, -0.05) is 6.42 Å². The number of Topliss-reactive ketones (excluding diaryl/α,β-unsaturated/α-hetero) is 1. The Morgan fingerprint density at radius 2 is 1.71 bits per heavy atom. The van der Waals surface area contributed by atoms with E-state index in [2.05, 4.69) is 16.0 Å². The van der Waals surface area contributed by atoms with Crippen molar-refractivity contribution in [2.75, 3.05) is 26.7 Å². The van der Waals surface area contributed by atoms with Crippen LogP contribution < -0.4 is 21.7 Å². The third-order valence-electron chi connectivity index (χ3n) is 3.96. The lowest BCUT2D eigenvalue weighted by atomic mass is 10.0. The van der Waals surface area contributed by atoms with Crippen molar-refractivity contribution in [1.29, 1.82) is 0 Å². The molecule has 0 saturated carbocycles. The zero-order valence-corrected chi connectivity index (χ0v) is 15.4. The summed E-state index contributed by atoms with van der Waals surface area (Å²) in [6.45, 7) is 5.25. The highest BCUT2D eigenvalue weighted by atomic mass is 16.3. The van der Waals surface area contributed by atoms with E-state index in [9.17, 15) is 9.59 Å². The number of aliphatic hydroxyl groups is 1. The van der Waals surface area contributed by atoms with Crippen LogP contribution in [0.15, 0.2) is 0 Å². The quantitative estimate of drug-likeness (QED) is 0.265. The summed E-state index contributed by atoms with van der Waals surface area (Å²) in [6.07, 6.45) is 4.52. The molecule has 0 spiro atoms. The second-order valence-electron chi connectivity index (χ2n) is 6.35. The molecule has 0 bridgehead atoms. The molecule has 0 aliphatic carbocycles. The Balaban J connectivity index is 4.14. The topological polar surface area (TPSA) is 116 Å². The second-order valence-corrected chi connectivity index (χ2v) is 6.35. The maximum absolute atomic E-state index is 12.3. The minimum Gasteiger partial charge on any atom is -0.392 e. The van der Waals surface area contributed by atoms with Crippen molar-refractivity contribution in [1.82, 2.24) is 16.0 Å². The van der Waals surface area contributed by atoms with Crippen LogP contribution in [0.25, 0.3) is 0 Å². The van der Waals surface area contributed by atoms with Crippen molar-refractivity contribution in [3.8, 4) is 0 Å². The van der Waals surface area contributed by atoms with Crippen LogP contribution in [0.3, 0.4) is 0 Å². The Morgan fingerprint density at radius 3 is 2.25 bits per heavy atom. The average Bonchev–Trinajstić information content (AvgIpc) is 2.52. The number of likely N-dealkylation sites (N-methyl/N-ethyl adjacent to an activating group) is 1. The third kappa shape index (κ3) is 11.5. The van der Waals surface area contributed by atoms with E-state index in [1.807, 2.05) is 0 Å². The molecule has 0 aliphatic heterocycles. The summed E-state index contributed by atoms with van der Waals surface area (Å²) in [5.74, 6) is -0.139. The normalized spacial score (nSPS) is 14.9. The summed E-state index contributed by atoms with van der Waals surface area (Å²) < 4.78 is 0. The number of ketones is 1. The molecular formula is C17H36N4O3.